The Balaban J connectivity index is 0. The van der Waals surface area contributed by atoms with Crippen molar-refractivity contribution < 1.29 is 51.6 Å². The molecule has 9 nitrogen and oxygen atoms in total. The summed E-state index contributed by atoms with van der Waals surface area (Å²) >= 11 is 0. The van der Waals surface area contributed by atoms with E-state index < -0.39 is 5.41 Å². The van der Waals surface area contributed by atoms with E-state index in [2.05, 4.69) is 13.2 Å². The molecule has 0 saturated carbocycles. The van der Waals surface area contributed by atoms with E-state index in [9.17, 15) is 20.4 Å². The maximum Gasteiger partial charge on any atom is 4.00 e. The van der Waals surface area contributed by atoms with E-state index in [0.29, 0.717) is 43.5 Å². The monoisotopic (exact) mass is 571 g/mol. The van der Waals surface area contributed by atoms with Gasteiger partial charge in [0.25, 0.3) is 0 Å². The molecule has 0 amide bonds. The van der Waals surface area contributed by atoms with Gasteiger partial charge >= 0.3 is 21.7 Å². The summed E-state index contributed by atoms with van der Waals surface area (Å²) in [5.74, 6) is -0.111. The van der Waals surface area contributed by atoms with Crippen LogP contribution in [-0.4, -0.2) is 33.0 Å². The van der Waals surface area contributed by atoms with Crippen LogP contribution in [-0.2, 0) is 31.2 Å². The van der Waals surface area contributed by atoms with Gasteiger partial charge in [-0.25, -0.2) is 0 Å². The minimum Gasteiger partial charge on any atom is -0.872 e. The Morgan fingerprint density at radius 1 is 0.692 bits per heavy atom. The van der Waals surface area contributed by atoms with E-state index in [0.717, 1.165) is 0 Å². The largest absolute Gasteiger partial charge is 4.00 e. The van der Waals surface area contributed by atoms with Gasteiger partial charge < -0.3 is 47.1 Å². The maximum absolute atomic E-state index is 10.9. The zero-order valence-electron chi connectivity index (χ0n) is 22.2. The molecule has 0 aliphatic heterocycles. The standard InChI is InChI=1S/C11H19O3.3C6H7NO.Ti/c1-4-6-13-9-11(3,8-12)10-14-7-5-2;3*7-5-2-1-3-6(8)4-5;/h4-5H,1-2,6-10H2,3H3;3*1-4,8H,7H2;/q-1;;;;+4/p-3. The molecule has 208 valence electrons. The van der Waals surface area contributed by atoms with Gasteiger partial charge in [0.2, 0.25) is 0 Å². The molecule has 0 fully saturated rings. The van der Waals surface area contributed by atoms with Crippen LogP contribution in [0.1, 0.15) is 6.92 Å². The van der Waals surface area contributed by atoms with Gasteiger partial charge in [0.05, 0.1) is 26.4 Å². The quantitative estimate of drug-likeness (QED) is 0.149. The van der Waals surface area contributed by atoms with Gasteiger partial charge in [0.15, 0.2) is 0 Å². The Bertz CT molecular complexity index is 899. The summed E-state index contributed by atoms with van der Waals surface area (Å²) in [4.78, 5) is 0. The molecule has 0 aliphatic carbocycles. The minimum absolute atomic E-state index is 0. The first-order valence-corrected chi connectivity index (χ1v) is 11.6. The molecule has 3 aromatic carbocycles. The molecule has 0 bridgehead atoms. The first-order valence-electron chi connectivity index (χ1n) is 11.6. The molecular formula is C29H37N3O6Ti. The number of nitrogen functional groups attached to an aromatic ring is 3. The summed E-state index contributed by atoms with van der Waals surface area (Å²) in [5.41, 5.74) is 16.9. The maximum atomic E-state index is 10.9. The molecule has 10 heteroatoms. The molecule has 0 radical (unpaired) electrons. The van der Waals surface area contributed by atoms with E-state index in [4.69, 9.17) is 26.7 Å². The number of hydrogen-bond donors (Lipinski definition) is 3. The van der Waals surface area contributed by atoms with Gasteiger partial charge in [-0.2, -0.15) is 0 Å². The molecular weight excluding hydrogens is 534 g/mol. The molecule has 3 rings (SSSR count). The van der Waals surface area contributed by atoms with E-state index >= 15 is 0 Å². The fraction of sp³-hybridized carbons (Fsp3) is 0.241. The average Bonchev–Trinajstić information content (AvgIpc) is 2.85. The third-order valence-corrected chi connectivity index (χ3v) is 4.30. The Kier molecular flexibility index (Phi) is 21.8. The van der Waals surface area contributed by atoms with Crippen LogP contribution in [0.15, 0.2) is 98.1 Å². The predicted octanol–water partition coefficient (Wildman–Crippen LogP) is 1.78. The van der Waals surface area contributed by atoms with Crippen molar-refractivity contribution in [3.63, 3.8) is 0 Å². The van der Waals surface area contributed by atoms with Crippen molar-refractivity contribution in [1.82, 2.24) is 0 Å². The second-order valence-electron chi connectivity index (χ2n) is 8.28. The Morgan fingerprint density at radius 3 is 1.18 bits per heavy atom. The normalized spacial score (nSPS) is 9.59. The van der Waals surface area contributed by atoms with Crippen LogP contribution in [0.25, 0.3) is 0 Å². The topological polar surface area (TPSA) is 189 Å². The van der Waals surface area contributed by atoms with E-state index in [1.54, 1.807) is 48.6 Å². The molecule has 0 spiro atoms. The molecule has 0 saturated heterocycles. The van der Waals surface area contributed by atoms with Crippen molar-refractivity contribution in [2.24, 2.45) is 5.41 Å². The van der Waals surface area contributed by atoms with Gasteiger partial charge in [0, 0.05) is 17.1 Å². The van der Waals surface area contributed by atoms with Crippen LogP contribution >= 0.6 is 0 Å². The average molecular weight is 571 g/mol. The zero-order valence-corrected chi connectivity index (χ0v) is 23.8. The minimum atomic E-state index is -0.452. The van der Waals surface area contributed by atoms with Crippen molar-refractivity contribution in [3.8, 4) is 17.2 Å². The van der Waals surface area contributed by atoms with E-state index in [1.807, 2.05) is 6.92 Å². The summed E-state index contributed by atoms with van der Waals surface area (Å²) in [5, 5.41) is 42.2. The number of rotatable bonds is 9. The summed E-state index contributed by atoms with van der Waals surface area (Å²) in [6.45, 7) is 10.5. The van der Waals surface area contributed by atoms with Crippen LogP contribution in [0.5, 0.6) is 17.2 Å². The first-order chi connectivity index (χ1) is 18.0. The fourth-order valence-corrected chi connectivity index (χ4v) is 2.45. The summed E-state index contributed by atoms with van der Waals surface area (Å²) < 4.78 is 10.5. The van der Waals surface area contributed by atoms with Crippen molar-refractivity contribution in [2.75, 3.05) is 50.2 Å². The number of hydrogen-bond acceptors (Lipinski definition) is 9. The number of anilines is 3. The van der Waals surface area contributed by atoms with Gasteiger partial charge in [0.1, 0.15) is 0 Å². The smallest absolute Gasteiger partial charge is 0.872 e. The fourth-order valence-electron chi connectivity index (χ4n) is 2.45. The molecule has 3 aromatic rings. The van der Waals surface area contributed by atoms with Crippen molar-refractivity contribution >= 4 is 17.1 Å². The molecule has 0 aliphatic rings. The SMILES string of the molecule is C=CCOCC(C)(C[O-])COCC=C.Nc1cccc([O-])c1.Nc1cccc([O-])c1.Nc1cccc([O-])c1.[Ti+4]. The van der Waals surface area contributed by atoms with Crippen molar-refractivity contribution in [2.45, 2.75) is 6.92 Å². The van der Waals surface area contributed by atoms with Crippen LogP contribution in [0, 0.1) is 5.41 Å². The third kappa shape index (κ3) is 21.2. The second-order valence-corrected chi connectivity index (χ2v) is 8.28. The Hall–Kier alpha value is -3.47. The predicted molar refractivity (Wildman–Crippen MR) is 146 cm³/mol. The van der Waals surface area contributed by atoms with Gasteiger partial charge in [-0.3, -0.25) is 0 Å². The third-order valence-electron chi connectivity index (χ3n) is 4.30. The summed E-state index contributed by atoms with van der Waals surface area (Å²) in [7, 11) is 0. The number of benzene rings is 3. The van der Waals surface area contributed by atoms with Gasteiger partial charge in [-0.1, -0.05) is 55.5 Å². The molecule has 0 unspecified atom stereocenters. The molecule has 0 aromatic heterocycles. The Labute approximate surface area is 246 Å². The van der Waals surface area contributed by atoms with Gasteiger partial charge in [-0.15, -0.1) is 37.0 Å². The van der Waals surface area contributed by atoms with Crippen LogP contribution < -0.4 is 37.6 Å². The second kappa shape index (κ2) is 22.5. The van der Waals surface area contributed by atoms with Crippen molar-refractivity contribution in [3.05, 3.63) is 98.1 Å². The number of nitrogens with two attached hydrogens (primary N) is 3. The van der Waals surface area contributed by atoms with Crippen LogP contribution in [0.2, 0.25) is 0 Å². The van der Waals surface area contributed by atoms with Gasteiger partial charge in [-0.05, 0) is 41.8 Å². The molecule has 0 atom stereocenters. The number of ether oxygens (including phenoxy) is 2. The zero-order chi connectivity index (χ0) is 28.8. The van der Waals surface area contributed by atoms with E-state index in [-0.39, 0.29) is 45.6 Å². The first kappa shape index (κ1) is 37.7. The van der Waals surface area contributed by atoms with Crippen LogP contribution in [0.3, 0.4) is 0 Å². The Morgan fingerprint density at radius 2 is 1.00 bits per heavy atom. The molecule has 39 heavy (non-hydrogen) atoms. The van der Waals surface area contributed by atoms with E-state index in [1.165, 1.54) is 36.4 Å². The molecule has 0 heterocycles. The van der Waals surface area contributed by atoms with Crippen molar-refractivity contribution in [1.29, 1.82) is 0 Å². The van der Waals surface area contributed by atoms with Crippen LogP contribution in [0.4, 0.5) is 17.1 Å². The molecule has 6 N–H and O–H groups in total. The summed E-state index contributed by atoms with van der Waals surface area (Å²) in [6, 6.07) is 18.5. The summed E-state index contributed by atoms with van der Waals surface area (Å²) in [6.07, 6.45) is 3.33.